The van der Waals surface area contributed by atoms with Crippen molar-refractivity contribution >= 4 is 17.4 Å². The molecule has 3 aromatic carbocycles. The van der Waals surface area contributed by atoms with Gasteiger partial charge in [-0.1, -0.05) is 69.2 Å². The lowest BCUT2D eigenvalue weighted by Gasteiger charge is -2.26. The van der Waals surface area contributed by atoms with Crippen molar-refractivity contribution in [2.75, 3.05) is 19.8 Å². The molecule has 39 heavy (non-hydrogen) atoms. The Kier molecular flexibility index (Phi) is 9.79. The number of benzene rings is 3. The van der Waals surface area contributed by atoms with Crippen LogP contribution in [0.25, 0.3) is 5.76 Å². The monoisotopic (exact) mass is 527 g/mol. The number of nitrogens with zero attached hydrogens (tertiary/aromatic N) is 1. The molecule has 0 radical (unpaired) electrons. The number of carbonyl (C=O) groups is 2. The van der Waals surface area contributed by atoms with Gasteiger partial charge in [-0.3, -0.25) is 9.59 Å². The van der Waals surface area contributed by atoms with E-state index in [1.165, 1.54) is 0 Å². The van der Waals surface area contributed by atoms with Crippen molar-refractivity contribution in [3.05, 3.63) is 101 Å². The number of Topliss-reactive ketones (excluding diaryl/α,β-unsaturated/α-hetero) is 1. The maximum atomic E-state index is 13.4. The zero-order chi connectivity index (χ0) is 27.6. The van der Waals surface area contributed by atoms with Crippen LogP contribution in [-0.2, 0) is 16.0 Å². The lowest BCUT2D eigenvalue weighted by Crippen LogP contribution is -2.31. The molecule has 6 nitrogen and oxygen atoms in total. The van der Waals surface area contributed by atoms with E-state index < -0.39 is 17.7 Å². The summed E-state index contributed by atoms with van der Waals surface area (Å²) in [6.45, 7) is 5.70. The van der Waals surface area contributed by atoms with Crippen molar-refractivity contribution in [2.45, 2.75) is 52.0 Å². The van der Waals surface area contributed by atoms with E-state index in [1.54, 1.807) is 29.2 Å². The zero-order valence-corrected chi connectivity index (χ0v) is 22.8. The molecule has 0 bridgehead atoms. The van der Waals surface area contributed by atoms with Crippen LogP contribution >= 0.6 is 0 Å². The molecule has 0 spiro atoms. The molecule has 0 aliphatic carbocycles. The quantitative estimate of drug-likeness (QED) is 0.116. The van der Waals surface area contributed by atoms with E-state index >= 15 is 0 Å². The first-order valence-corrected chi connectivity index (χ1v) is 13.8. The standard InChI is InChI=1S/C33H37NO5/c1-3-5-9-22-39-28-14-10-13-26(23-28)30-29(31(35)25-15-17-27(18-16-25)38-21-4-2)32(36)33(37)34(30)20-19-24-11-7-6-8-12-24/h6-8,10-18,23,30,35H,3-5,9,19-22H2,1-2H3. The summed E-state index contributed by atoms with van der Waals surface area (Å²) in [5.74, 6) is -0.145. The number of amides is 1. The Bertz CT molecular complexity index is 1280. The van der Waals surface area contributed by atoms with Gasteiger partial charge < -0.3 is 19.5 Å². The number of hydrogen-bond acceptors (Lipinski definition) is 5. The fourth-order valence-corrected chi connectivity index (χ4v) is 4.75. The molecule has 0 saturated carbocycles. The molecule has 1 N–H and O–H groups in total. The van der Waals surface area contributed by atoms with E-state index in [9.17, 15) is 14.7 Å². The van der Waals surface area contributed by atoms with Gasteiger partial charge in [-0.2, -0.15) is 0 Å². The SMILES string of the molecule is CCCCCOc1cccc(C2C(=C(O)c3ccc(OCCC)cc3)C(=O)C(=O)N2CCc2ccccc2)c1. The van der Waals surface area contributed by atoms with Gasteiger partial charge in [0.1, 0.15) is 17.3 Å². The molecule has 204 valence electrons. The van der Waals surface area contributed by atoms with Crippen LogP contribution in [0.5, 0.6) is 11.5 Å². The average molecular weight is 528 g/mol. The van der Waals surface area contributed by atoms with E-state index in [0.29, 0.717) is 43.2 Å². The van der Waals surface area contributed by atoms with E-state index in [2.05, 4.69) is 6.92 Å². The lowest BCUT2D eigenvalue weighted by molar-refractivity contribution is -0.139. The highest BCUT2D eigenvalue weighted by Crippen LogP contribution is 2.40. The molecule has 1 heterocycles. The lowest BCUT2D eigenvalue weighted by atomic mass is 9.95. The minimum Gasteiger partial charge on any atom is -0.507 e. The first kappa shape index (κ1) is 28.0. The van der Waals surface area contributed by atoms with Gasteiger partial charge in [0.2, 0.25) is 0 Å². The second-order valence-corrected chi connectivity index (χ2v) is 9.73. The fourth-order valence-electron chi connectivity index (χ4n) is 4.75. The fraction of sp³-hybridized carbons (Fsp3) is 0.333. The molecule has 1 aliphatic heterocycles. The summed E-state index contributed by atoms with van der Waals surface area (Å²) in [6, 6.07) is 23.5. The van der Waals surface area contributed by atoms with Gasteiger partial charge in [-0.25, -0.2) is 0 Å². The highest BCUT2D eigenvalue weighted by Gasteiger charge is 2.46. The summed E-state index contributed by atoms with van der Waals surface area (Å²) in [7, 11) is 0. The Morgan fingerprint density at radius 3 is 2.28 bits per heavy atom. The molecule has 6 heteroatoms. The largest absolute Gasteiger partial charge is 0.507 e. The predicted octanol–water partition coefficient (Wildman–Crippen LogP) is 6.71. The smallest absolute Gasteiger partial charge is 0.295 e. The van der Waals surface area contributed by atoms with Crippen molar-refractivity contribution in [3.8, 4) is 11.5 Å². The van der Waals surface area contributed by atoms with Gasteiger partial charge in [0.05, 0.1) is 24.8 Å². The highest BCUT2D eigenvalue weighted by molar-refractivity contribution is 6.46. The Morgan fingerprint density at radius 1 is 0.821 bits per heavy atom. The Morgan fingerprint density at radius 2 is 1.56 bits per heavy atom. The van der Waals surface area contributed by atoms with Crippen LogP contribution in [0.3, 0.4) is 0 Å². The molecule has 3 aromatic rings. The van der Waals surface area contributed by atoms with Gasteiger partial charge >= 0.3 is 0 Å². The van der Waals surface area contributed by atoms with Gasteiger partial charge in [0.25, 0.3) is 11.7 Å². The number of likely N-dealkylation sites (tertiary alicyclic amines) is 1. The Balaban J connectivity index is 1.70. The van der Waals surface area contributed by atoms with E-state index in [1.807, 2.05) is 61.5 Å². The van der Waals surface area contributed by atoms with Crippen LogP contribution in [-0.4, -0.2) is 41.5 Å². The van der Waals surface area contributed by atoms with Crippen molar-refractivity contribution in [2.24, 2.45) is 0 Å². The summed E-state index contributed by atoms with van der Waals surface area (Å²) in [6.07, 6.45) is 4.61. The molecule has 1 unspecified atom stereocenters. The minimum absolute atomic E-state index is 0.0819. The van der Waals surface area contributed by atoms with Crippen LogP contribution in [0.1, 0.15) is 62.3 Å². The number of unbranched alkanes of at least 4 members (excludes halogenated alkanes) is 2. The first-order chi connectivity index (χ1) is 19.0. The van der Waals surface area contributed by atoms with Gasteiger partial charge in [-0.05, 0) is 66.8 Å². The molecular formula is C33H37NO5. The zero-order valence-electron chi connectivity index (χ0n) is 22.8. The van der Waals surface area contributed by atoms with Crippen molar-refractivity contribution in [3.63, 3.8) is 0 Å². The van der Waals surface area contributed by atoms with Gasteiger partial charge in [0.15, 0.2) is 0 Å². The molecular weight excluding hydrogens is 490 g/mol. The van der Waals surface area contributed by atoms with E-state index in [-0.39, 0.29) is 11.3 Å². The van der Waals surface area contributed by atoms with Crippen molar-refractivity contribution in [1.82, 2.24) is 4.90 Å². The van der Waals surface area contributed by atoms with Gasteiger partial charge in [-0.15, -0.1) is 0 Å². The maximum Gasteiger partial charge on any atom is 0.295 e. The van der Waals surface area contributed by atoms with Crippen LogP contribution in [0.4, 0.5) is 0 Å². The van der Waals surface area contributed by atoms with E-state index in [4.69, 9.17) is 9.47 Å². The predicted molar refractivity (Wildman–Crippen MR) is 153 cm³/mol. The molecule has 4 rings (SSSR count). The third kappa shape index (κ3) is 6.88. The number of carbonyl (C=O) groups excluding carboxylic acids is 2. The maximum absolute atomic E-state index is 13.4. The summed E-state index contributed by atoms with van der Waals surface area (Å²) < 4.78 is 11.6. The number of aliphatic hydroxyl groups excluding tert-OH is 1. The second kappa shape index (κ2) is 13.7. The van der Waals surface area contributed by atoms with Crippen LogP contribution in [0, 0.1) is 0 Å². The third-order valence-corrected chi connectivity index (χ3v) is 6.82. The molecule has 1 atom stereocenters. The second-order valence-electron chi connectivity index (χ2n) is 9.73. The summed E-state index contributed by atoms with van der Waals surface area (Å²) in [5, 5.41) is 11.4. The van der Waals surface area contributed by atoms with Crippen LogP contribution in [0.2, 0.25) is 0 Å². The third-order valence-electron chi connectivity index (χ3n) is 6.82. The minimum atomic E-state index is -0.732. The Hall–Kier alpha value is -4.06. The first-order valence-electron chi connectivity index (χ1n) is 13.8. The topological polar surface area (TPSA) is 76.1 Å². The van der Waals surface area contributed by atoms with Crippen molar-refractivity contribution < 1.29 is 24.2 Å². The number of ether oxygens (including phenoxy) is 2. The van der Waals surface area contributed by atoms with Gasteiger partial charge in [0, 0.05) is 12.1 Å². The summed E-state index contributed by atoms with van der Waals surface area (Å²) >= 11 is 0. The molecule has 0 aromatic heterocycles. The number of rotatable bonds is 13. The average Bonchev–Trinajstić information content (AvgIpc) is 3.23. The number of aliphatic hydroxyl groups is 1. The Labute approximate surface area is 230 Å². The van der Waals surface area contributed by atoms with Crippen molar-refractivity contribution in [1.29, 1.82) is 0 Å². The number of hydrogen-bond donors (Lipinski definition) is 1. The van der Waals surface area contributed by atoms with Crippen LogP contribution < -0.4 is 9.47 Å². The molecule has 1 aliphatic rings. The molecule has 1 fully saturated rings. The van der Waals surface area contributed by atoms with E-state index in [0.717, 1.165) is 36.8 Å². The van der Waals surface area contributed by atoms with Crippen LogP contribution in [0.15, 0.2) is 84.4 Å². The number of ketones is 1. The highest BCUT2D eigenvalue weighted by atomic mass is 16.5. The molecule has 1 saturated heterocycles. The summed E-state index contributed by atoms with van der Waals surface area (Å²) in [5.41, 5.74) is 2.32. The summed E-state index contributed by atoms with van der Waals surface area (Å²) in [4.78, 5) is 28.3. The normalized spacial score (nSPS) is 16.5. The molecule has 1 amide bonds.